The molecule has 1 aliphatic rings. The van der Waals surface area contributed by atoms with Crippen LogP contribution < -0.4 is 30.4 Å². The minimum absolute atomic E-state index is 0.0324. The van der Waals surface area contributed by atoms with Crippen LogP contribution in [0, 0.1) is 0 Å². The number of hydrogen-bond donors (Lipinski definition) is 4. The van der Waals surface area contributed by atoms with E-state index in [0.717, 1.165) is 5.56 Å². The number of amides is 1. The molecule has 1 atom stereocenters. The van der Waals surface area contributed by atoms with Gasteiger partial charge in [-0.3, -0.25) is 0 Å². The quantitative estimate of drug-likeness (QED) is 0.0872. The number of nitrogens with one attached hydrogen (secondary N) is 2. The molecule has 1 fully saturated rings. The summed E-state index contributed by atoms with van der Waals surface area (Å²) in [4.78, 5) is 22.0. The van der Waals surface area contributed by atoms with Gasteiger partial charge in [-0.25, -0.2) is 31.3 Å². The minimum atomic E-state index is -4.98. The minimum Gasteiger partial charge on any atom is -0.497 e. The van der Waals surface area contributed by atoms with Crippen LogP contribution >= 0.6 is 0 Å². The van der Waals surface area contributed by atoms with E-state index >= 15 is 16.8 Å². The number of carbonyl (C=O) groups is 1. The first-order valence-corrected chi connectivity index (χ1v) is 25.1. The van der Waals surface area contributed by atoms with Crippen LogP contribution in [0.2, 0.25) is 0 Å². The van der Waals surface area contributed by atoms with Crippen LogP contribution in [0.3, 0.4) is 0 Å². The van der Waals surface area contributed by atoms with Crippen LogP contribution in [-0.4, -0.2) is 114 Å². The second-order valence-corrected chi connectivity index (χ2v) is 21.5. The maximum Gasteiger partial charge on any atom is 0.410 e. The summed E-state index contributed by atoms with van der Waals surface area (Å²) in [6.07, 6.45) is -0.370. The van der Waals surface area contributed by atoms with Gasteiger partial charge in [0.1, 0.15) is 32.6 Å². The first kappa shape index (κ1) is 49.3. The fourth-order valence-electron chi connectivity index (χ4n) is 8.11. The average molecular weight is 994 g/mol. The van der Waals surface area contributed by atoms with Gasteiger partial charge in [0.25, 0.3) is 0 Å². The van der Waals surface area contributed by atoms with Gasteiger partial charge in [-0.15, -0.1) is 10.2 Å². The molecule has 70 heavy (non-hydrogen) atoms. The van der Waals surface area contributed by atoms with Crippen LogP contribution in [0.4, 0.5) is 10.7 Å². The molecule has 0 bridgehead atoms. The Morgan fingerprint density at radius 2 is 1.40 bits per heavy atom. The number of benzene rings is 5. The number of H-pyrrole nitrogens is 1. The second kappa shape index (κ2) is 19.7. The van der Waals surface area contributed by atoms with Crippen molar-refractivity contribution in [2.75, 3.05) is 46.7 Å². The number of fused-ring (bicyclic) bond motifs is 1. The Kier molecular flexibility index (Phi) is 13.9. The first-order valence-electron chi connectivity index (χ1n) is 22.1. The Labute approximate surface area is 406 Å². The molecule has 2 aromatic heterocycles. The van der Waals surface area contributed by atoms with Crippen molar-refractivity contribution in [3.05, 3.63) is 120 Å². The number of nitrogens with zero attached hydrogens (tertiary/aromatic N) is 7. The smallest absolute Gasteiger partial charge is 0.410 e. The van der Waals surface area contributed by atoms with E-state index in [1.807, 2.05) is 12.1 Å². The maximum atomic E-state index is 16.2. The van der Waals surface area contributed by atoms with E-state index in [4.69, 9.17) is 35.5 Å². The van der Waals surface area contributed by atoms with Gasteiger partial charge >= 0.3 is 6.09 Å². The van der Waals surface area contributed by atoms with E-state index in [2.05, 4.69) is 25.0 Å². The fourth-order valence-corrected chi connectivity index (χ4v) is 11.7. The molecule has 0 radical (unpaired) electrons. The van der Waals surface area contributed by atoms with Gasteiger partial charge in [0.2, 0.25) is 25.9 Å². The van der Waals surface area contributed by atoms with Crippen LogP contribution in [0.5, 0.6) is 17.2 Å². The van der Waals surface area contributed by atoms with Gasteiger partial charge in [0, 0.05) is 43.8 Å². The lowest BCUT2D eigenvalue weighted by Crippen LogP contribution is -2.52. The summed E-state index contributed by atoms with van der Waals surface area (Å²) in [7, 11) is -5.19. The molecule has 1 aliphatic heterocycles. The van der Waals surface area contributed by atoms with E-state index in [1.165, 1.54) is 40.4 Å². The fraction of sp³-hybridized carbons (Fsp3) is 0.312. The van der Waals surface area contributed by atoms with Crippen molar-refractivity contribution < 1.29 is 40.6 Å². The van der Waals surface area contributed by atoms with E-state index in [1.54, 1.807) is 107 Å². The molecule has 8 rings (SSSR count). The number of nitrogen functional groups attached to an aromatic ring is 1. The number of aromatic amines is 1. The largest absolute Gasteiger partial charge is 0.497 e. The van der Waals surface area contributed by atoms with Crippen molar-refractivity contribution >= 4 is 43.1 Å². The van der Waals surface area contributed by atoms with Crippen molar-refractivity contribution in [2.24, 2.45) is 5.73 Å². The highest BCUT2D eigenvalue weighted by atomic mass is 32.2. The summed E-state index contributed by atoms with van der Waals surface area (Å²) < 4.78 is 88.1. The number of nitrogens with two attached hydrogens (primary N) is 2. The highest BCUT2D eigenvalue weighted by Gasteiger charge is 2.42. The number of hydrogen-bond acceptors (Lipinski definition) is 15. The molecule has 0 saturated carbocycles. The number of tetrazole rings is 1. The summed E-state index contributed by atoms with van der Waals surface area (Å²) in [6, 6.07) is 28.8. The molecule has 1 saturated heterocycles. The third-order valence-electron chi connectivity index (χ3n) is 11.7. The van der Waals surface area contributed by atoms with Crippen LogP contribution in [-0.2, 0) is 44.4 Å². The second-order valence-electron chi connectivity index (χ2n) is 17.9. The lowest BCUT2D eigenvalue weighted by atomic mass is 9.98. The summed E-state index contributed by atoms with van der Waals surface area (Å²) >= 11 is 0. The molecule has 0 spiro atoms. The standard InChI is InChI=1S/C48H55N11O9S2/c1-47(2,3)68-46(60)57-25-24-48(50,30-57)29-51-69(61,62)40-23-22-37(38-8-7-9-39-42(38)53-45(49)52-39)41(44-54-56-59(55-44)28-33-14-20-36(67-6)21-15-33)43(40)70(63,64)58(26-31-10-16-34(65-4)17-11-31)27-32-12-18-35(66-5)19-13-32/h7-23,51H,24-30,50H2,1-6H3,(H3,49,52,53)/t48-/m0/s1. The number of likely N-dealkylation sites (tertiary alicyclic amines) is 1. The molecule has 20 nitrogen and oxygen atoms in total. The Balaban J connectivity index is 1.33. The summed E-state index contributed by atoms with van der Waals surface area (Å²) in [5, 5.41) is 13.5. The Bertz CT molecular complexity index is 3180. The molecular formula is C48H55N11O9S2. The van der Waals surface area contributed by atoms with Gasteiger partial charge in [-0.2, -0.15) is 9.10 Å². The number of rotatable bonds is 17. The van der Waals surface area contributed by atoms with Gasteiger partial charge < -0.3 is 40.3 Å². The lowest BCUT2D eigenvalue weighted by molar-refractivity contribution is 0.0285. The van der Waals surface area contributed by atoms with Crippen molar-refractivity contribution in [1.29, 1.82) is 0 Å². The first-order chi connectivity index (χ1) is 33.3. The van der Waals surface area contributed by atoms with E-state index in [9.17, 15) is 4.79 Å². The number of anilines is 1. The van der Waals surface area contributed by atoms with Crippen LogP contribution in [0.1, 0.15) is 43.9 Å². The number of aromatic nitrogens is 6. The Morgan fingerprint density at radius 3 is 1.97 bits per heavy atom. The topological polar surface area (TPSA) is 265 Å². The van der Waals surface area contributed by atoms with Crippen LogP contribution in [0.15, 0.2) is 113 Å². The molecule has 368 valence electrons. The van der Waals surface area contributed by atoms with Gasteiger partial charge in [-0.1, -0.05) is 54.6 Å². The molecule has 7 aromatic rings. The molecule has 0 aliphatic carbocycles. The number of methoxy groups -OCH3 is 3. The third-order valence-corrected chi connectivity index (χ3v) is 15.1. The number of imidazole rings is 1. The average Bonchev–Trinajstić information content (AvgIpc) is 4.08. The van der Waals surface area contributed by atoms with Crippen molar-refractivity contribution in [3.63, 3.8) is 0 Å². The normalized spacial score (nSPS) is 15.4. The van der Waals surface area contributed by atoms with Gasteiger partial charge in [-0.05, 0) is 103 Å². The van der Waals surface area contributed by atoms with Crippen LogP contribution in [0.25, 0.3) is 33.5 Å². The monoisotopic (exact) mass is 993 g/mol. The zero-order valence-electron chi connectivity index (χ0n) is 39.5. The molecule has 5 aromatic carbocycles. The molecule has 1 amide bonds. The SMILES string of the molecule is COc1ccc(CN(Cc2ccc(OC)cc2)S(=O)(=O)c2c(S(=O)(=O)NC[C@@]3(N)CCN(C(=O)OC(C)(C)C)C3)ccc(-c3cccc4[nH]c(N)nc34)c2-c2nnn(Cc3ccc(OC)cc3)n2)cc1. The van der Waals surface area contributed by atoms with Gasteiger partial charge in [0.15, 0.2) is 5.95 Å². The van der Waals surface area contributed by atoms with E-state index in [0.29, 0.717) is 45.0 Å². The number of ether oxygens (including phenoxy) is 4. The number of sulfonamides is 2. The Morgan fingerprint density at radius 1 is 0.814 bits per heavy atom. The third kappa shape index (κ3) is 10.8. The molecule has 22 heteroatoms. The predicted molar refractivity (Wildman–Crippen MR) is 262 cm³/mol. The van der Waals surface area contributed by atoms with Gasteiger partial charge in [0.05, 0.1) is 44.5 Å². The summed E-state index contributed by atoms with van der Waals surface area (Å²) in [6.45, 7) is 4.71. The van der Waals surface area contributed by atoms with Crippen molar-refractivity contribution in [1.82, 2.24) is 44.1 Å². The summed E-state index contributed by atoms with van der Waals surface area (Å²) in [5.74, 6) is 1.63. The molecular weight excluding hydrogens is 939 g/mol. The number of carbonyl (C=O) groups excluding carboxylic acids is 1. The molecule has 3 heterocycles. The highest BCUT2D eigenvalue weighted by Crippen LogP contribution is 2.43. The molecule has 6 N–H and O–H groups in total. The zero-order valence-corrected chi connectivity index (χ0v) is 41.2. The predicted octanol–water partition coefficient (Wildman–Crippen LogP) is 5.55. The Hall–Kier alpha value is -7.11. The van der Waals surface area contributed by atoms with E-state index < -0.39 is 47.1 Å². The zero-order chi connectivity index (χ0) is 50.0. The highest BCUT2D eigenvalue weighted by molar-refractivity contribution is 7.92. The number of para-hydroxylation sites is 1. The maximum absolute atomic E-state index is 16.2. The van der Waals surface area contributed by atoms with E-state index in [-0.39, 0.29) is 68.6 Å². The lowest BCUT2D eigenvalue weighted by Gasteiger charge is -2.28. The summed E-state index contributed by atoms with van der Waals surface area (Å²) in [5.41, 5.74) is 14.2. The van der Waals surface area contributed by atoms with Crippen molar-refractivity contribution in [2.45, 2.75) is 67.8 Å². The van der Waals surface area contributed by atoms with Crippen molar-refractivity contribution in [3.8, 4) is 39.8 Å². The molecule has 0 unspecified atom stereocenters.